The summed E-state index contributed by atoms with van der Waals surface area (Å²) in [6.07, 6.45) is 5.70. The molecule has 24 heavy (non-hydrogen) atoms. The van der Waals surface area contributed by atoms with Gasteiger partial charge in [0, 0.05) is 37.3 Å². The lowest BCUT2D eigenvalue weighted by atomic mass is 9.99. The number of benzene rings is 1. The summed E-state index contributed by atoms with van der Waals surface area (Å²) in [7, 11) is 1.54. The number of halogens is 1. The van der Waals surface area contributed by atoms with Crippen molar-refractivity contribution < 1.29 is 14.2 Å². The molecular formula is C19H29FN2O2. The lowest BCUT2D eigenvalue weighted by molar-refractivity contribution is -0.0146. The minimum atomic E-state index is -0.349. The topological polar surface area (TPSA) is 35.9 Å². The zero-order valence-corrected chi connectivity index (χ0v) is 14.6. The van der Waals surface area contributed by atoms with Crippen molar-refractivity contribution in [3.63, 3.8) is 0 Å². The highest BCUT2D eigenvalue weighted by atomic mass is 19.1. The Hall–Kier alpha value is -1.17. The molecule has 2 saturated heterocycles. The van der Waals surface area contributed by atoms with E-state index in [1.807, 2.05) is 0 Å². The molecule has 0 aliphatic carbocycles. The molecule has 0 amide bonds. The first-order valence-corrected chi connectivity index (χ1v) is 9.14. The Labute approximate surface area is 144 Å². The van der Waals surface area contributed by atoms with Gasteiger partial charge in [-0.25, -0.2) is 4.39 Å². The van der Waals surface area contributed by atoms with E-state index >= 15 is 0 Å². The molecule has 1 aromatic carbocycles. The second kappa shape index (κ2) is 8.28. The highest BCUT2D eigenvalue weighted by molar-refractivity contribution is 5.28. The van der Waals surface area contributed by atoms with Crippen LogP contribution in [0.5, 0.6) is 5.75 Å². The molecular weight excluding hydrogens is 307 g/mol. The fraction of sp³-hybridized carbons (Fsp3) is 0.684. The van der Waals surface area contributed by atoms with Crippen molar-refractivity contribution in [1.82, 2.24) is 9.80 Å². The highest BCUT2D eigenvalue weighted by Gasteiger charge is 2.32. The van der Waals surface area contributed by atoms with Gasteiger partial charge in [-0.15, -0.1) is 0 Å². The zero-order chi connectivity index (χ0) is 16.9. The lowest BCUT2D eigenvalue weighted by Gasteiger charge is -2.41. The van der Waals surface area contributed by atoms with Crippen LogP contribution in [0.25, 0.3) is 0 Å². The van der Waals surface area contributed by atoms with Crippen LogP contribution in [0.4, 0.5) is 4.39 Å². The van der Waals surface area contributed by atoms with Crippen LogP contribution >= 0.6 is 0 Å². The maximum Gasteiger partial charge on any atom is 0.131 e. The minimum Gasteiger partial charge on any atom is -0.497 e. The molecule has 1 aromatic rings. The summed E-state index contributed by atoms with van der Waals surface area (Å²) in [5.74, 6) is 0.301. The summed E-state index contributed by atoms with van der Waals surface area (Å²) >= 11 is 0. The number of methoxy groups -OCH3 is 1. The van der Waals surface area contributed by atoms with Gasteiger partial charge in [0.15, 0.2) is 0 Å². The number of ether oxygens (including phenoxy) is 1. The van der Waals surface area contributed by atoms with Crippen molar-refractivity contribution in [2.75, 3.05) is 33.3 Å². The third-order valence-corrected chi connectivity index (χ3v) is 5.39. The smallest absolute Gasteiger partial charge is 0.131 e. The van der Waals surface area contributed by atoms with Crippen LogP contribution in [0.1, 0.15) is 37.7 Å². The summed E-state index contributed by atoms with van der Waals surface area (Å²) < 4.78 is 19.2. The number of β-amino-alcohol motifs (C(OH)–C–C–N with tert-alkyl or cyclic N) is 1. The normalized spacial score (nSPS) is 27.0. The van der Waals surface area contributed by atoms with Gasteiger partial charge in [0.05, 0.1) is 13.2 Å². The van der Waals surface area contributed by atoms with E-state index in [1.54, 1.807) is 19.2 Å². The summed E-state index contributed by atoms with van der Waals surface area (Å²) in [5, 5.41) is 10.6. The predicted molar refractivity (Wildman–Crippen MR) is 92.7 cm³/mol. The van der Waals surface area contributed by atoms with Crippen LogP contribution in [-0.2, 0) is 6.54 Å². The van der Waals surface area contributed by atoms with Crippen LogP contribution < -0.4 is 4.74 Å². The van der Waals surface area contributed by atoms with Gasteiger partial charge in [-0.3, -0.25) is 9.80 Å². The van der Waals surface area contributed by atoms with Crippen LogP contribution in [0, 0.1) is 5.82 Å². The number of aliphatic hydroxyl groups excluding tert-OH is 1. The average molecular weight is 336 g/mol. The van der Waals surface area contributed by atoms with Crippen LogP contribution in [0.3, 0.4) is 0 Å². The first kappa shape index (κ1) is 17.6. The molecule has 1 N–H and O–H groups in total. The van der Waals surface area contributed by atoms with E-state index in [-0.39, 0.29) is 18.0 Å². The highest BCUT2D eigenvalue weighted by Crippen LogP contribution is 2.23. The number of aliphatic hydroxyl groups is 1. The maximum atomic E-state index is 14.1. The monoisotopic (exact) mass is 336 g/mol. The number of hydrogen-bond donors (Lipinski definition) is 1. The van der Waals surface area contributed by atoms with Gasteiger partial charge < -0.3 is 9.84 Å². The number of piperidine rings is 1. The number of rotatable bonds is 4. The summed E-state index contributed by atoms with van der Waals surface area (Å²) in [4.78, 5) is 4.63. The molecule has 2 fully saturated rings. The molecule has 2 heterocycles. The van der Waals surface area contributed by atoms with Gasteiger partial charge >= 0.3 is 0 Å². The molecule has 0 aromatic heterocycles. The lowest BCUT2D eigenvalue weighted by Crippen LogP contribution is -2.54. The molecule has 2 atom stereocenters. The van der Waals surface area contributed by atoms with Gasteiger partial charge in [-0.2, -0.15) is 0 Å². The fourth-order valence-electron chi connectivity index (χ4n) is 4.01. The average Bonchev–Trinajstić information content (AvgIpc) is 2.86. The largest absolute Gasteiger partial charge is 0.497 e. The van der Waals surface area contributed by atoms with Crippen molar-refractivity contribution in [2.24, 2.45) is 0 Å². The fourth-order valence-corrected chi connectivity index (χ4v) is 4.01. The summed E-state index contributed by atoms with van der Waals surface area (Å²) in [5.41, 5.74) is 0.663. The van der Waals surface area contributed by atoms with E-state index < -0.39 is 0 Å². The molecule has 0 spiro atoms. The van der Waals surface area contributed by atoms with Gasteiger partial charge in [-0.1, -0.05) is 18.9 Å². The maximum absolute atomic E-state index is 14.1. The SMILES string of the molecule is COc1ccc(CN2CC[C@@H](N3CCCCCC3)[C@H](O)C2)c(F)c1. The molecule has 2 aliphatic heterocycles. The summed E-state index contributed by atoms with van der Waals surface area (Å²) in [6, 6.07) is 5.26. The van der Waals surface area contributed by atoms with E-state index in [9.17, 15) is 9.50 Å². The Morgan fingerprint density at radius 1 is 1.17 bits per heavy atom. The Bertz CT molecular complexity index is 532. The van der Waals surface area contributed by atoms with Crippen LogP contribution in [0.2, 0.25) is 0 Å². The first-order valence-electron chi connectivity index (χ1n) is 9.14. The predicted octanol–water partition coefficient (Wildman–Crippen LogP) is 2.65. The Morgan fingerprint density at radius 2 is 1.92 bits per heavy atom. The van der Waals surface area contributed by atoms with Crippen LogP contribution in [0.15, 0.2) is 18.2 Å². The Morgan fingerprint density at radius 3 is 2.54 bits per heavy atom. The van der Waals surface area contributed by atoms with E-state index in [0.29, 0.717) is 24.4 Å². The number of nitrogens with zero attached hydrogens (tertiary/aromatic N) is 2. The molecule has 0 unspecified atom stereocenters. The molecule has 134 valence electrons. The molecule has 5 heteroatoms. The summed E-state index contributed by atoms with van der Waals surface area (Å²) in [6.45, 7) is 4.28. The van der Waals surface area contributed by atoms with Crippen molar-refractivity contribution in [2.45, 2.75) is 50.8 Å². The van der Waals surface area contributed by atoms with Gasteiger partial charge in [0.25, 0.3) is 0 Å². The van der Waals surface area contributed by atoms with Crippen molar-refractivity contribution in [1.29, 1.82) is 0 Å². The van der Waals surface area contributed by atoms with E-state index in [4.69, 9.17) is 4.74 Å². The second-order valence-corrected chi connectivity index (χ2v) is 7.07. The van der Waals surface area contributed by atoms with E-state index in [0.717, 1.165) is 26.1 Å². The zero-order valence-electron chi connectivity index (χ0n) is 14.6. The number of hydrogen-bond acceptors (Lipinski definition) is 4. The van der Waals surface area contributed by atoms with Gasteiger partial charge in [0.1, 0.15) is 11.6 Å². The number of likely N-dealkylation sites (tertiary alicyclic amines) is 2. The van der Waals surface area contributed by atoms with Crippen molar-refractivity contribution in [3.05, 3.63) is 29.6 Å². The Kier molecular flexibility index (Phi) is 6.09. The molecule has 0 bridgehead atoms. The quantitative estimate of drug-likeness (QED) is 0.917. The molecule has 2 aliphatic rings. The van der Waals surface area contributed by atoms with E-state index in [1.165, 1.54) is 31.7 Å². The molecule has 4 nitrogen and oxygen atoms in total. The van der Waals surface area contributed by atoms with Gasteiger partial charge in [-0.05, 0) is 38.4 Å². The Balaban J connectivity index is 1.57. The third kappa shape index (κ3) is 4.26. The van der Waals surface area contributed by atoms with E-state index in [2.05, 4.69) is 9.80 Å². The first-order chi connectivity index (χ1) is 11.7. The van der Waals surface area contributed by atoms with Crippen molar-refractivity contribution in [3.8, 4) is 5.75 Å². The molecule has 3 rings (SSSR count). The molecule has 0 radical (unpaired) electrons. The van der Waals surface area contributed by atoms with Gasteiger partial charge in [0.2, 0.25) is 0 Å². The second-order valence-electron chi connectivity index (χ2n) is 7.07. The minimum absolute atomic E-state index is 0.238. The third-order valence-electron chi connectivity index (χ3n) is 5.39. The van der Waals surface area contributed by atoms with Crippen LogP contribution in [-0.4, -0.2) is 60.3 Å². The van der Waals surface area contributed by atoms with Crippen molar-refractivity contribution >= 4 is 0 Å². The standard InChI is InChI=1S/C19H29FN2O2/c1-24-16-7-6-15(17(20)12-16)13-21-11-8-18(19(23)14-21)22-9-4-2-3-5-10-22/h6-7,12,18-19,23H,2-5,8-11,13-14H2,1H3/t18-,19-/m1/s1. The molecule has 0 saturated carbocycles.